The lowest BCUT2D eigenvalue weighted by atomic mass is 9.93. The third-order valence-corrected chi connectivity index (χ3v) is 5.54. The largest absolute Gasteiger partial charge is 0.395 e. The van der Waals surface area contributed by atoms with Crippen molar-refractivity contribution in [1.29, 1.82) is 0 Å². The number of aliphatic hydroxyl groups excluding tert-OH is 1. The standard InChI is InChI=1S/C21H33ClN2O3/c1-2-23(14-15-25)11-3-16-27-17-10-18-8-12-24(13-9-18)21(26)19-4-6-20(22)7-5-19/h4-7,18,25H,2-3,8-17H2,1H3. The summed E-state index contributed by atoms with van der Waals surface area (Å²) in [5.74, 6) is 0.741. The van der Waals surface area contributed by atoms with Crippen molar-refractivity contribution in [3.63, 3.8) is 0 Å². The molecule has 0 bridgehead atoms. The van der Waals surface area contributed by atoms with Crippen molar-refractivity contribution in [1.82, 2.24) is 9.80 Å². The predicted molar refractivity (Wildman–Crippen MR) is 109 cm³/mol. The van der Waals surface area contributed by atoms with Gasteiger partial charge in [0.15, 0.2) is 0 Å². The summed E-state index contributed by atoms with van der Waals surface area (Å²) in [6.45, 7) is 8.21. The lowest BCUT2D eigenvalue weighted by molar-refractivity contribution is 0.0643. The summed E-state index contributed by atoms with van der Waals surface area (Å²) in [5, 5.41) is 9.63. The van der Waals surface area contributed by atoms with E-state index in [-0.39, 0.29) is 12.5 Å². The summed E-state index contributed by atoms with van der Waals surface area (Å²) in [4.78, 5) is 16.7. The molecule has 1 heterocycles. The molecule has 1 fully saturated rings. The van der Waals surface area contributed by atoms with Gasteiger partial charge in [0.25, 0.3) is 5.91 Å². The first-order chi connectivity index (χ1) is 13.1. The molecule has 1 aromatic carbocycles. The maximum atomic E-state index is 12.5. The number of carbonyl (C=O) groups excluding carboxylic acids is 1. The van der Waals surface area contributed by atoms with Crippen molar-refractivity contribution < 1.29 is 14.6 Å². The SMILES string of the molecule is CCN(CCO)CCCOCCC1CCN(C(=O)c2ccc(Cl)cc2)CC1. The van der Waals surface area contributed by atoms with Crippen LogP contribution in [0.25, 0.3) is 0 Å². The highest BCUT2D eigenvalue weighted by molar-refractivity contribution is 6.30. The van der Waals surface area contributed by atoms with Crippen LogP contribution in [0.1, 0.15) is 43.0 Å². The quantitative estimate of drug-likeness (QED) is 0.583. The molecule has 1 aliphatic heterocycles. The van der Waals surface area contributed by atoms with Gasteiger partial charge in [-0.25, -0.2) is 0 Å². The smallest absolute Gasteiger partial charge is 0.253 e. The lowest BCUT2D eigenvalue weighted by Gasteiger charge is -2.32. The molecular weight excluding hydrogens is 364 g/mol. The molecule has 0 spiro atoms. The molecule has 0 unspecified atom stereocenters. The number of benzene rings is 1. The zero-order valence-corrected chi connectivity index (χ0v) is 17.2. The molecule has 6 heteroatoms. The van der Waals surface area contributed by atoms with Crippen molar-refractivity contribution >= 4 is 17.5 Å². The summed E-state index contributed by atoms with van der Waals surface area (Å²) >= 11 is 5.89. The summed E-state index contributed by atoms with van der Waals surface area (Å²) in [7, 11) is 0. The Morgan fingerprint density at radius 2 is 1.93 bits per heavy atom. The number of carbonyl (C=O) groups is 1. The van der Waals surface area contributed by atoms with E-state index in [2.05, 4.69) is 11.8 Å². The first-order valence-corrected chi connectivity index (χ1v) is 10.5. The number of aliphatic hydroxyl groups is 1. The van der Waals surface area contributed by atoms with E-state index in [4.69, 9.17) is 21.4 Å². The Kier molecular flexibility index (Phi) is 10.1. The molecule has 1 amide bonds. The first-order valence-electron chi connectivity index (χ1n) is 10.1. The van der Waals surface area contributed by atoms with Crippen LogP contribution in [0.15, 0.2) is 24.3 Å². The van der Waals surface area contributed by atoms with Crippen molar-refractivity contribution in [2.75, 3.05) is 52.5 Å². The molecule has 0 saturated carbocycles. The Labute approximate surface area is 168 Å². The molecule has 0 aromatic heterocycles. The normalized spacial score (nSPS) is 15.5. The van der Waals surface area contributed by atoms with E-state index >= 15 is 0 Å². The van der Waals surface area contributed by atoms with Gasteiger partial charge < -0.3 is 19.6 Å². The second-order valence-electron chi connectivity index (χ2n) is 7.15. The molecule has 1 N–H and O–H groups in total. The van der Waals surface area contributed by atoms with Crippen molar-refractivity contribution in [3.8, 4) is 0 Å². The van der Waals surface area contributed by atoms with Gasteiger partial charge in [0, 0.05) is 50.0 Å². The Hall–Kier alpha value is -1.14. The second kappa shape index (κ2) is 12.3. The van der Waals surface area contributed by atoms with Gasteiger partial charge in [-0.2, -0.15) is 0 Å². The van der Waals surface area contributed by atoms with E-state index in [9.17, 15) is 4.79 Å². The van der Waals surface area contributed by atoms with Gasteiger partial charge in [-0.1, -0.05) is 18.5 Å². The Morgan fingerprint density at radius 3 is 2.56 bits per heavy atom. The van der Waals surface area contributed by atoms with Crippen LogP contribution in [0.3, 0.4) is 0 Å². The van der Waals surface area contributed by atoms with E-state index in [1.807, 2.05) is 4.90 Å². The number of hydrogen-bond acceptors (Lipinski definition) is 4. The third kappa shape index (κ3) is 7.78. The van der Waals surface area contributed by atoms with Crippen molar-refractivity contribution in [2.24, 2.45) is 5.92 Å². The van der Waals surface area contributed by atoms with Crippen LogP contribution in [-0.2, 0) is 4.74 Å². The number of hydrogen-bond donors (Lipinski definition) is 1. The van der Waals surface area contributed by atoms with E-state index in [1.165, 1.54) is 0 Å². The van der Waals surface area contributed by atoms with Gasteiger partial charge >= 0.3 is 0 Å². The van der Waals surface area contributed by atoms with E-state index in [0.29, 0.717) is 16.5 Å². The predicted octanol–water partition coefficient (Wildman–Crippen LogP) is 3.30. The fourth-order valence-corrected chi connectivity index (χ4v) is 3.64. The molecule has 1 aliphatic rings. The molecule has 0 aliphatic carbocycles. The van der Waals surface area contributed by atoms with Gasteiger partial charge in [0.05, 0.1) is 6.61 Å². The Balaban J connectivity index is 1.57. The van der Waals surface area contributed by atoms with E-state index in [1.54, 1.807) is 24.3 Å². The number of piperidine rings is 1. The van der Waals surface area contributed by atoms with Gasteiger partial charge in [-0.15, -0.1) is 0 Å². The zero-order chi connectivity index (χ0) is 19.5. The van der Waals surface area contributed by atoms with Crippen LogP contribution in [0, 0.1) is 5.92 Å². The number of rotatable bonds is 11. The minimum Gasteiger partial charge on any atom is -0.395 e. The number of amides is 1. The van der Waals surface area contributed by atoms with Crippen LogP contribution in [0.5, 0.6) is 0 Å². The number of ether oxygens (including phenoxy) is 1. The Morgan fingerprint density at radius 1 is 1.22 bits per heavy atom. The topological polar surface area (TPSA) is 53.0 Å². The minimum absolute atomic E-state index is 0.102. The van der Waals surface area contributed by atoms with Crippen LogP contribution < -0.4 is 0 Å². The number of halogens is 1. The molecule has 1 saturated heterocycles. The molecular formula is C21H33ClN2O3. The highest BCUT2D eigenvalue weighted by Gasteiger charge is 2.23. The maximum absolute atomic E-state index is 12.5. The molecule has 0 atom stereocenters. The van der Waals surface area contributed by atoms with Crippen LogP contribution in [0.4, 0.5) is 0 Å². The van der Waals surface area contributed by atoms with Gasteiger partial charge in [0.1, 0.15) is 0 Å². The zero-order valence-electron chi connectivity index (χ0n) is 16.4. The molecule has 5 nitrogen and oxygen atoms in total. The first kappa shape index (κ1) is 22.2. The summed E-state index contributed by atoms with van der Waals surface area (Å²) < 4.78 is 5.78. The molecule has 2 rings (SSSR count). The number of likely N-dealkylation sites (N-methyl/N-ethyl adjacent to an activating group) is 1. The third-order valence-electron chi connectivity index (χ3n) is 5.29. The average Bonchev–Trinajstić information content (AvgIpc) is 2.70. The molecule has 0 radical (unpaired) electrons. The number of likely N-dealkylation sites (tertiary alicyclic amines) is 1. The number of nitrogens with zero attached hydrogens (tertiary/aromatic N) is 2. The van der Waals surface area contributed by atoms with Gasteiger partial charge in [-0.05, 0) is 62.4 Å². The highest BCUT2D eigenvalue weighted by atomic mass is 35.5. The Bertz CT molecular complexity index is 545. The fraction of sp³-hybridized carbons (Fsp3) is 0.667. The lowest BCUT2D eigenvalue weighted by Crippen LogP contribution is -2.38. The van der Waals surface area contributed by atoms with Gasteiger partial charge in [0.2, 0.25) is 0 Å². The van der Waals surface area contributed by atoms with E-state index in [0.717, 1.165) is 71.6 Å². The second-order valence-corrected chi connectivity index (χ2v) is 7.59. The van der Waals surface area contributed by atoms with Crippen molar-refractivity contribution in [2.45, 2.75) is 32.6 Å². The molecule has 1 aromatic rings. The minimum atomic E-state index is 0.102. The molecule has 27 heavy (non-hydrogen) atoms. The summed E-state index contributed by atoms with van der Waals surface area (Å²) in [6, 6.07) is 7.13. The van der Waals surface area contributed by atoms with Crippen molar-refractivity contribution in [3.05, 3.63) is 34.9 Å². The summed E-state index contributed by atoms with van der Waals surface area (Å²) in [5.41, 5.74) is 0.712. The van der Waals surface area contributed by atoms with Gasteiger partial charge in [-0.3, -0.25) is 4.79 Å². The van der Waals surface area contributed by atoms with Crippen LogP contribution in [-0.4, -0.2) is 73.4 Å². The van der Waals surface area contributed by atoms with Crippen LogP contribution in [0.2, 0.25) is 5.02 Å². The summed E-state index contributed by atoms with van der Waals surface area (Å²) in [6.07, 6.45) is 4.16. The average molecular weight is 397 g/mol. The highest BCUT2D eigenvalue weighted by Crippen LogP contribution is 2.22. The maximum Gasteiger partial charge on any atom is 0.253 e. The molecule has 152 valence electrons. The van der Waals surface area contributed by atoms with Crippen LogP contribution >= 0.6 is 11.6 Å². The van der Waals surface area contributed by atoms with E-state index < -0.39 is 0 Å². The fourth-order valence-electron chi connectivity index (χ4n) is 3.51. The monoisotopic (exact) mass is 396 g/mol.